The highest BCUT2D eigenvalue weighted by atomic mass is 16.1. The molecule has 1 aromatic carbocycles. The molecule has 1 aliphatic rings. The minimum absolute atomic E-state index is 0.0367. The van der Waals surface area contributed by atoms with Crippen molar-refractivity contribution in [1.82, 2.24) is 30.0 Å². The monoisotopic (exact) mass is 378 g/mol. The molecule has 7 heteroatoms. The SMILES string of the molecule is CC(=O)NCCn1nc([C@@H]2CCN(Cc3ccccc3C)C2)c2nccnc21. The number of aryl methyl sites for hydroxylation is 1. The Morgan fingerprint density at radius 2 is 2.07 bits per heavy atom. The molecule has 0 spiro atoms. The van der Waals surface area contributed by atoms with Crippen LogP contribution in [0.25, 0.3) is 11.2 Å². The summed E-state index contributed by atoms with van der Waals surface area (Å²) in [7, 11) is 0. The molecule has 7 nitrogen and oxygen atoms in total. The molecule has 3 aromatic rings. The van der Waals surface area contributed by atoms with Crippen LogP contribution >= 0.6 is 0 Å². The van der Waals surface area contributed by atoms with E-state index in [4.69, 9.17) is 5.10 Å². The van der Waals surface area contributed by atoms with Crippen molar-refractivity contribution in [1.29, 1.82) is 0 Å². The van der Waals surface area contributed by atoms with E-state index in [2.05, 4.69) is 51.4 Å². The number of aromatic nitrogens is 4. The van der Waals surface area contributed by atoms with Crippen LogP contribution in [-0.2, 0) is 17.9 Å². The number of carbonyl (C=O) groups is 1. The van der Waals surface area contributed by atoms with Crippen molar-refractivity contribution in [3.63, 3.8) is 0 Å². The Kier molecular flexibility index (Phi) is 5.34. The van der Waals surface area contributed by atoms with Gasteiger partial charge in [-0.25, -0.2) is 14.6 Å². The number of amides is 1. The molecule has 0 radical (unpaired) electrons. The summed E-state index contributed by atoms with van der Waals surface area (Å²) in [4.78, 5) is 22.7. The highest BCUT2D eigenvalue weighted by Gasteiger charge is 2.29. The molecule has 0 unspecified atom stereocenters. The van der Waals surface area contributed by atoms with Gasteiger partial charge < -0.3 is 5.32 Å². The smallest absolute Gasteiger partial charge is 0.216 e. The van der Waals surface area contributed by atoms with Gasteiger partial charge in [0, 0.05) is 44.9 Å². The van der Waals surface area contributed by atoms with E-state index >= 15 is 0 Å². The fourth-order valence-electron chi connectivity index (χ4n) is 3.92. The van der Waals surface area contributed by atoms with Gasteiger partial charge in [-0.3, -0.25) is 9.69 Å². The topological polar surface area (TPSA) is 75.9 Å². The van der Waals surface area contributed by atoms with Gasteiger partial charge in [-0.1, -0.05) is 24.3 Å². The maximum absolute atomic E-state index is 11.1. The van der Waals surface area contributed by atoms with Gasteiger partial charge in [0.05, 0.1) is 12.2 Å². The quantitative estimate of drug-likeness (QED) is 0.712. The number of likely N-dealkylation sites (tertiary alicyclic amines) is 1. The number of hydrogen-bond donors (Lipinski definition) is 1. The maximum atomic E-state index is 11.1. The zero-order chi connectivity index (χ0) is 19.5. The van der Waals surface area contributed by atoms with Crippen molar-refractivity contribution in [2.24, 2.45) is 0 Å². The second-order valence-corrected chi connectivity index (χ2v) is 7.47. The van der Waals surface area contributed by atoms with Crippen LogP contribution in [0.15, 0.2) is 36.7 Å². The van der Waals surface area contributed by atoms with E-state index < -0.39 is 0 Å². The van der Waals surface area contributed by atoms with Crippen molar-refractivity contribution >= 4 is 17.1 Å². The van der Waals surface area contributed by atoms with Crippen LogP contribution in [0.3, 0.4) is 0 Å². The van der Waals surface area contributed by atoms with Crippen molar-refractivity contribution in [2.75, 3.05) is 19.6 Å². The lowest BCUT2D eigenvalue weighted by atomic mass is 10.0. The fraction of sp³-hybridized carbons (Fsp3) is 0.429. The molecule has 0 bridgehead atoms. The van der Waals surface area contributed by atoms with Crippen LogP contribution in [0.2, 0.25) is 0 Å². The Bertz CT molecular complexity index is 982. The molecule has 0 aliphatic carbocycles. The summed E-state index contributed by atoms with van der Waals surface area (Å²) in [5, 5.41) is 7.66. The highest BCUT2D eigenvalue weighted by molar-refractivity contribution is 5.74. The average Bonchev–Trinajstić information content (AvgIpc) is 3.28. The minimum Gasteiger partial charge on any atom is -0.354 e. The summed E-state index contributed by atoms with van der Waals surface area (Å²) in [6.07, 6.45) is 4.49. The molecule has 1 amide bonds. The lowest BCUT2D eigenvalue weighted by Gasteiger charge is -2.17. The predicted molar refractivity (Wildman–Crippen MR) is 108 cm³/mol. The molecule has 146 valence electrons. The van der Waals surface area contributed by atoms with Crippen LogP contribution in [0.5, 0.6) is 0 Å². The molecule has 0 saturated carbocycles. The molecule has 4 rings (SSSR count). The Labute approximate surface area is 164 Å². The molecule has 1 fully saturated rings. The predicted octanol–water partition coefficient (Wildman–Crippen LogP) is 2.26. The largest absolute Gasteiger partial charge is 0.354 e. The Morgan fingerprint density at radius 1 is 1.25 bits per heavy atom. The standard InChI is InChI=1S/C21H26N6O/c1-15-5-3-4-6-17(15)13-26-11-7-18(14-26)19-20-21(24-9-8-23-20)27(25-19)12-10-22-16(2)28/h3-6,8-9,18H,7,10-14H2,1-2H3,(H,22,28)/t18-/m1/s1. The Balaban J connectivity index is 1.51. The van der Waals surface area contributed by atoms with Gasteiger partial charge in [-0.05, 0) is 31.0 Å². The molecule has 3 heterocycles. The Morgan fingerprint density at radius 3 is 2.89 bits per heavy atom. The second kappa shape index (κ2) is 8.06. The number of carbonyl (C=O) groups excluding carboxylic acids is 1. The fourth-order valence-corrected chi connectivity index (χ4v) is 3.92. The summed E-state index contributed by atoms with van der Waals surface area (Å²) in [5.41, 5.74) is 5.42. The normalized spacial score (nSPS) is 17.3. The molecule has 1 saturated heterocycles. The van der Waals surface area contributed by atoms with Crippen LogP contribution in [0.1, 0.15) is 36.1 Å². The molecule has 28 heavy (non-hydrogen) atoms. The number of nitrogens with zero attached hydrogens (tertiary/aromatic N) is 5. The summed E-state index contributed by atoms with van der Waals surface area (Å²) >= 11 is 0. The highest BCUT2D eigenvalue weighted by Crippen LogP contribution is 2.31. The number of hydrogen-bond acceptors (Lipinski definition) is 5. The van der Waals surface area contributed by atoms with Crippen LogP contribution < -0.4 is 5.32 Å². The zero-order valence-corrected chi connectivity index (χ0v) is 16.4. The van der Waals surface area contributed by atoms with E-state index in [1.54, 1.807) is 12.4 Å². The van der Waals surface area contributed by atoms with Crippen molar-refractivity contribution in [3.05, 3.63) is 53.5 Å². The number of nitrogens with one attached hydrogen (secondary N) is 1. The van der Waals surface area contributed by atoms with Gasteiger partial charge >= 0.3 is 0 Å². The first kappa shape index (κ1) is 18.6. The van der Waals surface area contributed by atoms with Crippen LogP contribution in [-0.4, -0.2) is 50.2 Å². The lowest BCUT2D eigenvalue weighted by Crippen LogP contribution is -2.25. The minimum atomic E-state index is -0.0367. The third-order valence-corrected chi connectivity index (χ3v) is 5.41. The first-order valence-corrected chi connectivity index (χ1v) is 9.80. The number of fused-ring (bicyclic) bond motifs is 1. The van der Waals surface area contributed by atoms with Crippen LogP contribution in [0, 0.1) is 6.92 Å². The average molecular weight is 378 g/mol. The third kappa shape index (κ3) is 3.89. The number of benzene rings is 1. The second-order valence-electron chi connectivity index (χ2n) is 7.47. The van der Waals surface area contributed by atoms with Gasteiger partial charge in [0.25, 0.3) is 0 Å². The van der Waals surface area contributed by atoms with E-state index in [0.717, 1.165) is 42.9 Å². The van der Waals surface area contributed by atoms with Gasteiger partial charge in [0.2, 0.25) is 5.91 Å². The summed E-state index contributed by atoms with van der Waals surface area (Å²) < 4.78 is 1.87. The van der Waals surface area contributed by atoms with E-state index in [9.17, 15) is 4.79 Å². The lowest BCUT2D eigenvalue weighted by molar-refractivity contribution is -0.118. The summed E-state index contributed by atoms with van der Waals surface area (Å²) in [6, 6.07) is 8.57. The van der Waals surface area contributed by atoms with Crippen molar-refractivity contribution < 1.29 is 4.79 Å². The molecule has 1 aliphatic heterocycles. The van der Waals surface area contributed by atoms with E-state index in [-0.39, 0.29) is 5.91 Å². The van der Waals surface area contributed by atoms with Gasteiger partial charge in [0.1, 0.15) is 5.52 Å². The first-order chi connectivity index (χ1) is 13.6. The third-order valence-electron chi connectivity index (χ3n) is 5.41. The van der Waals surface area contributed by atoms with E-state index in [0.29, 0.717) is 19.0 Å². The van der Waals surface area contributed by atoms with Crippen molar-refractivity contribution in [3.8, 4) is 0 Å². The van der Waals surface area contributed by atoms with E-state index in [1.807, 2.05) is 4.68 Å². The van der Waals surface area contributed by atoms with Crippen LogP contribution in [0.4, 0.5) is 0 Å². The molecule has 2 aromatic heterocycles. The number of rotatable bonds is 6. The van der Waals surface area contributed by atoms with Gasteiger partial charge in [-0.2, -0.15) is 5.10 Å². The van der Waals surface area contributed by atoms with Gasteiger partial charge in [-0.15, -0.1) is 0 Å². The summed E-state index contributed by atoms with van der Waals surface area (Å²) in [6.45, 7) is 7.82. The Hall–Kier alpha value is -2.80. The van der Waals surface area contributed by atoms with E-state index in [1.165, 1.54) is 18.1 Å². The maximum Gasteiger partial charge on any atom is 0.216 e. The van der Waals surface area contributed by atoms with Gasteiger partial charge in [0.15, 0.2) is 5.65 Å². The molecular formula is C21H26N6O. The summed E-state index contributed by atoms with van der Waals surface area (Å²) in [5.74, 6) is 0.315. The molecule has 1 atom stereocenters. The molecular weight excluding hydrogens is 352 g/mol. The first-order valence-electron chi connectivity index (χ1n) is 9.80. The van der Waals surface area contributed by atoms with Crippen molar-refractivity contribution in [2.45, 2.75) is 39.3 Å². The zero-order valence-electron chi connectivity index (χ0n) is 16.4. The molecule has 1 N–H and O–H groups in total.